The van der Waals surface area contributed by atoms with Crippen LogP contribution < -0.4 is 29.0 Å². The lowest BCUT2D eigenvalue weighted by Gasteiger charge is -2.15. The van der Waals surface area contributed by atoms with Crippen molar-refractivity contribution in [1.82, 2.24) is 5.32 Å². The summed E-state index contributed by atoms with van der Waals surface area (Å²) in [6.45, 7) is 5.96. The zero-order chi connectivity index (χ0) is 24.8. The molecule has 0 saturated carbocycles. The molecule has 0 saturated heterocycles. The van der Waals surface area contributed by atoms with Gasteiger partial charge in [0.2, 0.25) is 0 Å². The van der Waals surface area contributed by atoms with Crippen molar-refractivity contribution in [3.63, 3.8) is 0 Å². The van der Waals surface area contributed by atoms with Crippen molar-refractivity contribution in [3.05, 3.63) is 77.4 Å². The highest BCUT2D eigenvalue weighted by Crippen LogP contribution is 2.34. The number of hydrogen-bond acceptors (Lipinski definition) is 6. The van der Waals surface area contributed by atoms with Gasteiger partial charge >= 0.3 is 0 Å². The van der Waals surface area contributed by atoms with Gasteiger partial charge in [0.1, 0.15) is 23.9 Å². The molecule has 184 valence electrons. The van der Waals surface area contributed by atoms with Crippen LogP contribution in [0.2, 0.25) is 0 Å². The Labute approximate surface area is 203 Å². The zero-order valence-electron chi connectivity index (χ0n) is 21.1. The topological polar surface area (TPSA) is 58.2 Å². The molecule has 34 heavy (non-hydrogen) atoms. The van der Waals surface area contributed by atoms with E-state index in [1.54, 1.807) is 28.4 Å². The molecular formula is C28H37NO5. The van der Waals surface area contributed by atoms with Gasteiger partial charge in [-0.25, -0.2) is 0 Å². The van der Waals surface area contributed by atoms with E-state index in [-0.39, 0.29) is 0 Å². The molecule has 0 radical (unpaired) electrons. The molecule has 3 rings (SSSR count). The molecule has 0 aliphatic carbocycles. The van der Waals surface area contributed by atoms with Gasteiger partial charge in [0.05, 0.1) is 28.4 Å². The van der Waals surface area contributed by atoms with Crippen molar-refractivity contribution in [2.45, 2.75) is 33.4 Å². The SMILES string of the molecule is CC.COc1cccc(COc2ccccc2CNCCc2cc(OC)c(OC)cc2OC)c1. The summed E-state index contributed by atoms with van der Waals surface area (Å²) in [4.78, 5) is 0. The quantitative estimate of drug-likeness (QED) is 0.347. The highest BCUT2D eigenvalue weighted by Gasteiger charge is 2.12. The second-order valence-corrected chi connectivity index (χ2v) is 7.19. The van der Waals surface area contributed by atoms with E-state index in [9.17, 15) is 0 Å². The maximum Gasteiger partial charge on any atom is 0.164 e. The number of ether oxygens (including phenoxy) is 5. The van der Waals surface area contributed by atoms with Crippen molar-refractivity contribution in [3.8, 4) is 28.7 Å². The van der Waals surface area contributed by atoms with Gasteiger partial charge in [0.15, 0.2) is 11.5 Å². The van der Waals surface area contributed by atoms with E-state index in [0.29, 0.717) is 24.7 Å². The summed E-state index contributed by atoms with van der Waals surface area (Å²) in [5.74, 6) is 3.83. The van der Waals surface area contributed by atoms with Crippen molar-refractivity contribution in [2.24, 2.45) is 0 Å². The van der Waals surface area contributed by atoms with Gasteiger partial charge in [-0.2, -0.15) is 0 Å². The fourth-order valence-corrected chi connectivity index (χ4v) is 3.45. The van der Waals surface area contributed by atoms with E-state index in [4.69, 9.17) is 23.7 Å². The Kier molecular flexibility index (Phi) is 11.6. The maximum absolute atomic E-state index is 6.08. The minimum absolute atomic E-state index is 0.483. The Morgan fingerprint density at radius 1 is 0.647 bits per heavy atom. The van der Waals surface area contributed by atoms with Crippen LogP contribution >= 0.6 is 0 Å². The Morgan fingerprint density at radius 2 is 1.35 bits per heavy atom. The third kappa shape index (κ3) is 7.59. The van der Waals surface area contributed by atoms with Crippen LogP contribution in [-0.2, 0) is 19.6 Å². The summed E-state index contributed by atoms with van der Waals surface area (Å²) in [5.41, 5.74) is 3.22. The largest absolute Gasteiger partial charge is 0.497 e. The molecule has 0 bridgehead atoms. The van der Waals surface area contributed by atoms with E-state index in [1.807, 2.05) is 68.4 Å². The lowest BCUT2D eigenvalue weighted by atomic mass is 10.1. The van der Waals surface area contributed by atoms with Crippen molar-refractivity contribution >= 4 is 0 Å². The Bertz CT molecular complexity index is 1010. The average Bonchev–Trinajstić information content (AvgIpc) is 2.91. The molecule has 0 amide bonds. The van der Waals surface area contributed by atoms with Crippen molar-refractivity contribution < 1.29 is 23.7 Å². The first-order valence-electron chi connectivity index (χ1n) is 11.5. The van der Waals surface area contributed by atoms with Crippen LogP contribution in [-0.4, -0.2) is 35.0 Å². The molecule has 3 aromatic carbocycles. The zero-order valence-corrected chi connectivity index (χ0v) is 21.1. The summed E-state index contributed by atoms with van der Waals surface area (Å²) in [6.07, 6.45) is 0.788. The Morgan fingerprint density at radius 3 is 2.06 bits per heavy atom. The molecule has 0 aliphatic rings. The molecule has 3 aromatic rings. The molecule has 0 heterocycles. The van der Waals surface area contributed by atoms with E-state index >= 15 is 0 Å². The van der Waals surface area contributed by atoms with Crippen LogP contribution in [0, 0.1) is 0 Å². The summed E-state index contributed by atoms with van der Waals surface area (Å²) < 4.78 is 27.7. The first-order chi connectivity index (χ1) is 16.7. The van der Waals surface area contributed by atoms with Crippen LogP contribution in [0.25, 0.3) is 0 Å². The lowest BCUT2D eigenvalue weighted by Crippen LogP contribution is -2.17. The maximum atomic E-state index is 6.08. The van der Waals surface area contributed by atoms with E-state index < -0.39 is 0 Å². The van der Waals surface area contributed by atoms with Gasteiger partial charge in [0.25, 0.3) is 0 Å². The fraction of sp³-hybridized carbons (Fsp3) is 0.357. The van der Waals surface area contributed by atoms with Crippen molar-refractivity contribution in [1.29, 1.82) is 0 Å². The van der Waals surface area contributed by atoms with E-state index in [2.05, 4.69) is 11.4 Å². The van der Waals surface area contributed by atoms with Crippen LogP contribution in [0.5, 0.6) is 28.7 Å². The number of rotatable bonds is 12. The molecule has 0 aliphatic heterocycles. The molecule has 0 aromatic heterocycles. The molecule has 6 heteroatoms. The average molecular weight is 468 g/mol. The Balaban J connectivity index is 0.00000199. The highest BCUT2D eigenvalue weighted by molar-refractivity contribution is 5.50. The number of para-hydroxylation sites is 1. The summed E-state index contributed by atoms with van der Waals surface area (Å²) >= 11 is 0. The summed E-state index contributed by atoms with van der Waals surface area (Å²) in [6, 6.07) is 19.8. The number of hydrogen-bond donors (Lipinski definition) is 1. The van der Waals surface area contributed by atoms with Crippen LogP contribution in [0.1, 0.15) is 30.5 Å². The molecule has 0 spiro atoms. The number of methoxy groups -OCH3 is 4. The molecule has 0 fully saturated rings. The highest BCUT2D eigenvalue weighted by atomic mass is 16.5. The van der Waals surface area contributed by atoms with Gasteiger partial charge in [-0.3, -0.25) is 0 Å². The molecule has 1 N–H and O–H groups in total. The van der Waals surface area contributed by atoms with E-state index in [1.165, 1.54) is 0 Å². The van der Waals surface area contributed by atoms with E-state index in [0.717, 1.165) is 46.9 Å². The summed E-state index contributed by atoms with van der Waals surface area (Å²) in [7, 11) is 6.58. The summed E-state index contributed by atoms with van der Waals surface area (Å²) in [5, 5.41) is 3.50. The van der Waals surface area contributed by atoms with Gasteiger partial charge in [0, 0.05) is 18.2 Å². The molecular weight excluding hydrogens is 430 g/mol. The molecule has 0 atom stereocenters. The first-order valence-corrected chi connectivity index (χ1v) is 11.5. The molecule has 6 nitrogen and oxygen atoms in total. The number of nitrogens with one attached hydrogen (secondary N) is 1. The predicted octanol–water partition coefficient (Wildman–Crippen LogP) is 5.66. The van der Waals surface area contributed by atoms with Crippen LogP contribution in [0.4, 0.5) is 0 Å². The predicted molar refractivity (Wildman–Crippen MR) is 137 cm³/mol. The Hall–Kier alpha value is -3.38. The standard InChI is InChI=1S/C26H31NO5.C2H6/c1-28-22-10-7-8-19(14-22)18-32-23-11-6-5-9-21(23)17-27-13-12-20-15-25(30-3)26(31-4)16-24(20)29-2;1-2/h5-11,14-16,27H,12-13,17-18H2,1-4H3;1-2H3. The van der Waals surface area contributed by atoms with Crippen molar-refractivity contribution in [2.75, 3.05) is 35.0 Å². The van der Waals surface area contributed by atoms with Gasteiger partial charge in [-0.1, -0.05) is 44.2 Å². The molecule has 0 unspecified atom stereocenters. The second-order valence-electron chi connectivity index (χ2n) is 7.19. The minimum atomic E-state index is 0.483. The smallest absolute Gasteiger partial charge is 0.164 e. The second kappa shape index (κ2) is 14.7. The normalized spacial score (nSPS) is 10.1. The van der Waals surface area contributed by atoms with Gasteiger partial charge in [-0.05, 0) is 48.4 Å². The third-order valence-electron chi connectivity index (χ3n) is 5.17. The van der Waals surface area contributed by atoms with Crippen LogP contribution in [0.3, 0.4) is 0 Å². The van der Waals surface area contributed by atoms with Crippen LogP contribution in [0.15, 0.2) is 60.7 Å². The first kappa shape index (κ1) is 26.9. The van der Waals surface area contributed by atoms with Gasteiger partial charge in [-0.15, -0.1) is 0 Å². The minimum Gasteiger partial charge on any atom is -0.497 e. The third-order valence-corrected chi connectivity index (χ3v) is 5.17. The fourth-order valence-electron chi connectivity index (χ4n) is 3.45. The monoisotopic (exact) mass is 467 g/mol. The number of benzene rings is 3. The lowest BCUT2D eigenvalue weighted by molar-refractivity contribution is 0.301. The van der Waals surface area contributed by atoms with Gasteiger partial charge < -0.3 is 29.0 Å².